The van der Waals surface area contributed by atoms with Crippen LogP contribution in [0.1, 0.15) is 19.0 Å². The Morgan fingerprint density at radius 3 is 2.23 bits per heavy atom. The fraction of sp³-hybridized carbons (Fsp3) is 0.500. The highest BCUT2D eigenvalue weighted by atomic mass is 16.4. The zero-order valence-electron chi connectivity index (χ0n) is 16.1. The number of imidazole rings is 1. The van der Waals surface area contributed by atoms with Crippen molar-refractivity contribution in [3.05, 3.63) is 18.2 Å². The Morgan fingerprint density at radius 2 is 1.73 bits per heavy atom. The van der Waals surface area contributed by atoms with E-state index in [9.17, 15) is 29.1 Å². The van der Waals surface area contributed by atoms with Crippen LogP contribution in [-0.2, 0) is 30.4 Å². The van der Waals surface area contributed by atoms with Crippen LogP contribution in [-0.4, -0.2) is 80.6 Å². The number of nitrogens with one attached hydrogen (secondary N) is 4. The molecule has 30 heavy (non-hydrogen) atoms. The number of carboxylic acids is 1. The maximum absolute atomic E-state index is 12.4. The molecule has 0 aliphatic heterocycles. The first-order valence-corrected chi connectivity index (χ1v) is 8.81. The van der Waals surface area contributed by atoms with Gasteiger partial charge < -0.3 is 42.6 Å². The van der Waals surface area contributed by atoms with E-state index in [0.717, 1.165) is 0 Å². The molecule has 10 N–H and O–H groups in total. The third kappa shape index (κ3) is 7.84. The van der Waals surface area contributed by atoms with E-state index in [1.807, 2.05) is 0 Å². The van der Waals surface area contributed by atoms with Crippen molar-refractivity contribution in [1.29, 1.82) is 0 Å². The van der Waals surface area contributed by atoms with Crippen LogP contribution in [0, 0.1) is 0 Å². The lowest BCUT2D eigenvalue weighted by atomic mass is 10.1. The fourth-order valence-electron chi connectivity index (χ4n) is 2.26. The van der Waals surface area contributed by atoms with Crippen LogP contribution in [0.5, 0.6) is 0 Å². The number of hydrogen-bond acceptors (Lipinski definition) is 8. The standard InChI is InChI=1S/C16H25N7O7/c1-7(13(26)23-11(16(29)30)2-8-4-19-6-20-8)21-15(28)10(3-12(18)25)22-14(27)9(17)5-24/h4,6-7,9-11,24H,2-3,5,17H2,1H3,(H2,18,25)(H,19,20)(H,21,28)(H,22,27)(H,23,26)(H,29,30). The van der Waals surface area contributed by atoms with Crippen molar-refractivity contribution in [3.8, 4) is 0 Å². The van der Waals surface area contributed by atoms with Gasteiger partial charge in [0.2, 0.25) is 23.6 Å². The van der Waals surface area contributed by atoms with Crippen LogP contribution < -0.4 is 27.4 Å². The number of aliphatic hydroxyl groups excluding tert-OH is 1. The van der Waals surface area contributed by atoms with E-state index in [1.54, 1.807) is 0 Å². The average molecular weight is 427 g/mol. The summed E-state index contributed by atoms with van der Waals surface area (Å²) in [7, 11) is 0. The van der Waals surface area contributed by atoms with Gasteiger partial charge in [0.15, 0.2) is 0 Å². The molecule has 0 aliphatic rings. The third-order valence-corrected chi connectivity index (χ3v) is 3.92. The minimum absolute atomic E-state index is 0.0683. The van der Waals surface area contributed by atoms with Gasteiger partial charge in [-0.25, -0.2) is 9.78 Å². The Morgan fingerprint density at radius 1 is 1.10 bits per heavy atom. The topological polar surface area (TPSA) is 243 Å². The summed E-state index contributed by atoms with van der Waals surface area (Å²) in [5.41, 5.74) is 10.9. The summed E-state index contributed by atoms with van der Waals surface area (Å²) in [6.07, 6.45) is 2.11. The van der Waals surface area contributed by atoms with Crippen molar-refractivity contribution < 1.29 is 34.2 Å². The van der Waals surface area contributed by atoms with Gasteiger partial charge in [0.25, 0.3) is 0 Å². The first kappa shape index (κ1) is 24.5. The number of carboxylic acid groups (broad SMARTS) is 1. The van der Waals surface area contributed by atoms with Crippen LogP contribution >= 0.6 is 0 Å². The van der Waals surface area contributed by atoms with Gasteiger partial charge in [-0.15, -0.1) is 0 Å². The van der Waals surface area contributed by atoms with Crippen molar-refractivity contribution in [2.45, 2.75) is 43.9 Å². The minimum atomic E-state index is -1.44. The maximum Gasteiger partial charge on any atom is 0.326 e. The smallest absolute Gasteiger partial charge is 0.326 e. The summed E-state index contributed by atoms with van der Waals surface area (Å²) >= 11 is 0. The van der Waals surface area contributed by atoms with Crippen LogP contribution in [0.4, 0.5) is 0 Å². The van der Waals surface area contributed by atoms with Crippen molar-refractivity contribution in [3.63, 3.8) is 0 Å². The van der Waals surface area contributed by atoms with Gasteiger partial charge in [-0.3, -0.25) is 19.2 Å². The highest BCUT2D eigenvalue weighted by Crippen LogP contribution is 2.01. The molecule has 0 fully saturated rings. The molecule has 1 heterocycles. The second-order valence-electron chi connectivity index (χ2n) is 6.43. The maximum atomic E-state index is 12.4. The summed E-state index contributed by atoms with van der Waals surface area (Å²) in [6, 6.07) is -5.27. The number of rotatable bonds is 12. The second-order valence-corrected chi connectivity index (χ2v) is 6.43. The van der Waals surface area contributed by atoms with E-state index in [0.29, 0.717) is 5.69 Å². The number of aliphatic carboxylic acids is 1. The van der Waals surface area contributed by atoms with Crippen molar-refractivity contribution in [1.82, 2.24) is 25.9 Å². The molecule has 4 amide bonds. The summed E-state index contributed by atoms with van der Waals surface area (Å²) in [6.45, 7) is 0.591. The molecule has 1 aromatic heterocycles. The summed E-state index contributed by atoms with van der Waals surface area (Å²) in [4.78, 5) is 65.5. The van der Waals surface area contributed by atoms with Gasteiger partial charge in [0, 0.05) is 18.3 Å². The molecule has 0 saturated carbocycles. The number of hydrogen-bond donors (Lipinski definition) is 8. The lowest BCUT2D eigenvalue weighted by Gasteiger charge is -2.22. The third-order valence-electron chi connectivity index (χ3n) is 3.92. The monoisotopic (exact) mass is 427 g/mol. The Labute approximate surface area is 170 Å². The van der Waals surface area contributed by atoms with Crippen molar-refractivity contribution >= 4 is 29.6 Å². The zero-order chi connectivity index (χ0) is 22.8. The van der Waals surface area contributed by atoms with Crippen LogP contribution in [0.2, 0.25) is 0 Å². The zero-order valence-corrected chi connectivity index (χ0v) is 16.1. The largest absolute Gasteiger partial charge is 0.480 e. The average Bonchev–Trinajstić information content (AvgIpc) is 3.18. The van der Waals surface area contributed by atoms with E-state index in [-0.39, 0.29) is 6.42 Å². The molecule has 0 saturated heterocycles. The molecule has 1 rings (SSSR count). The number of aromatic nitrogens is 2. The number of nitrogens with zero attached hydrogens (tertiary/aromatic N) is 1. The predicted octanol–water partition coefficient (Wildman–Crippen LogP) is -4.29. The van der Waals surface area contributed by atoms with Crippen molar-refractivity contribution in [2.75, 3.05) is 6.61 Å². The molecular weight excluding hydrogens is 402 g/mol. The number of primary amides is 1. The summed E-state index contributed by atoms with van der Waals surface area (Å²) in [5.74, 6) is -4.84. The molecular formula is C16H25N7O7. The first-order valence-electron chi connectivity index (χ1n) is 8.81. The Balaban J connectivity index is 2.74. The molecule has 0 bridgehead atoms. The second kappa shape index (κ2) is 11.5. The van der Waals surface area contributed by atoms with E-state index in [2.05, 4.69) is 25.9 Å². The van der Waals surface area contributed by atoms with Gasteiger partial charge in [-0.2, -0.15) is 0 Å². The van der Waals surface area contributed by atoms with Crippen LogP contribution in [0.25, 0.3) is 0 Å². The Kier molecular flexibility index (Phi) is 9.38. The molecule has 0 aromatic carbocycles. The molecule has 4 atom stereocenters. The van der Waals surface area contributed by atoms with E-state index in [4.69, 9.17) is 16.6 Å². The van der Waals surface area contributed by atoms with Gasteiger partial charge in [0.1, 0.15) is 24.2 Å². The first-order chi connectivity index (χ1) is 14.0. The molecule has 1 aromatic rings. The van der Waals surface area contributed by atoms with Gasteiger partial charge in [0.05, 0.1) is 19.4 Å². The van der Waals surface area contributed by atoms with Crippen molar-refractivity contribution in [2.24, 2.45) is 11.5 Å². The van der Waals surface area contributed by atoms with Gasteiger partial charge in [-0.1, -0.05) is 0 Å². The molecule has 4 unspecified atom stereocenters. The number of nitrogens with two attached hydrogens (primary N) is 2. The number of aromatic amines is 1. The van der Waals surface area contributed by atoms with Gasteiger partial charge in [-0.05, 0) is 6.92 Å². The van der Waals surface area contributed by atoms with E-state index in [1.165, 1.54) is 19.4 Å². The van der Waals surface area contributed by atoms with Crippen LogP contribution in [0.3, 0.4) is 0 Å². The van der Waals surface area contributed by atoms with Gasteiger partial charge >= 0.3 is 5.97 Å². The highest BCUT2D eigenvalue weighted by Gasteiger charge is 2.29. The van der Waals surface area contributed by atoms with Crippen LogP contribution in [0.15, 0.2) is 12.5 Å². The minimum Gasteiger partial charge on any atom is -0.480 e. The molecule has 14 heteroatoms. The normalized spacial score (nSPS) is 14.6. The summed E-state index contributed by atoms with van der Waals surface area (Å²) < 4.78 is 0. The molecule has 0 aliphatic carbocycles. The van der Waals surface area contributed by atoms with E-state index >= 15 is 0 Å². The Bertz CT molecular complexity index is 768. The lowest BCUT2D eigenvalue weighted by Crippen LogP contribution is -2.57. The molecule has 0 radical (unpaired) electrons. The molecule has 0 spiro atoms. The number of aliphatic hydroxyl groups is 1. The number of H-pyrrole nitrogens is 1. The number of amides is 4. The Hall–Kier alpha value is -3.52. The summed E-state index contributed by atoms with van der Waals surface area (Å²) in [5, 5.41) is 24.9. The molecule has 166 valence electrons. The fourth-order valence-corrected chi connectivity index (χ4v) is 2.26. The van der Waals surface area contributed by atoms with E-state index < -0.39 is 66.8 Å². The number of carbonyl (C=O) groups excluding carboxylic acids is 4. The number of carbonyl (C=O) groups is 5. The highest BCUT2D eigenvalue weighted by molar-refractivity contribution is 5.96. The quantitative estimate of drug-likeness (QED) is 0.161. The SMILES string of the molecule is CC(NC(=O)C(CC(N)=O)NC(=O)C(N)CO)C(=O)NC(Cc1cnc[nH]1)C(=O)O. The lowest BCUT2D eigenvalue weighted by molar-refractivity contribution is -0.142. The molecule has 14 nitrogen and oxygen atoms in total. The predicted molar refractivity (Wildman–Crippen MR) is 100 cm³/mol.